The number of rotatable bonds is 1. The molecule has 2 rings (SSSR count). The molecular formula is C9H5FOS. The van der Waals surface area contributed by atoms with Crippen LogP contribution in [0.4, 0.5) is 4.39 Å². The van der Waals surface area contributed by atoms with Crippen molar-refractivity contribution in [2.45, 2.75) is 0 Å². The summed E-state index contributed by atoms with van der Waals surface area (Å²) in [6.45, 7) is 0. The topological polar surface area (TPSA) is 17.1 Å². The number of aldehydes is 1. The largest absolute Gasteiger partial charge is 0.298 e. The highest BCUT2D eigenvalue weighted by Gasteiger charge is 2.02. The first-order valence-corrected chi connectivity index (χ1v) is 4.31. The second-order valence-corrected chi connectivity index (χ2v) is 3.37. The van der Waals surface area contributed by atoms with Gasteiger partial charge in [-0.25, -0.2) is 4.39 Å². The van der Waals surface area contributed by atoms with Crippen LogP contribution < -0.4 is 0 Å². The van der Waals surface area contributed by atoms with Crippen LogP contribution in [0.2, 0.25) is 0 Å². The van der Waals surface area contributed by atoms with E-state index in [0.29, 0.717) is 10.9 Å². The van der Waals surface area contributed by atoms with Crippen LogP contribution in [0.3, 0.4) is 0 Å². The highest BCUT2D eigenvalue weighted by molar-refractivity contribution is 7.17. The Labute approximate surface area is 72.4 Å². The average Bonchev–Trinajstić information content (AvgIpc) is 2.47. The maximum absolute atomic E-state index is 12.9. The van der Waals surface area contributed by atoms with Crippen LogP contribution in [0.5, 0.6) is 0 Å². The number of thiophene rings is 1. The predicted molar refractivity (Wildman–Crippen MR) is 47.2 cm³/mol. The summed E-state index contributed by atoms with van der Waals surface area (Å²) in [5.41, 5.74) is 0.587. The van der Waals surface area contributed by atoms with Gasteiger partial charge in [0.15, 0.2) is 0 Å². The van der Waals surface area contributed by atoms with Gasteiger partial charge in [0.25, 0.3) is 0 Å². The molecule has 0 spiro atoms. The van der Waals surface area contributed by atoms with E-state index < -0.39 is 0 Å². The monoisotopic (exact) mass is 180 g/mol. The lowest BCUT2D eigenvalue weighted by Crippen LogP contribution is -1.77. The highest BCUT2D eigenvalue weighted by atomic mass is 32.1. The summed E-state index contributed by atoms with van der Waals surface area (Å²) in [6.07, 6.45) is 0.761. The van der Waals surface area contributed by atoms with Crippen molar-refractivity contribution in [1.82, 2.24) is 0 Å². The summed E-state index contributed by atoms with van der Waals surface area (Å²) in [5.74, 6) is -0.215. The number of halogens is 1. The van der Waals surface area contributed by atoms with Gasteiger partial charge in [-0.3, -0.25) is 4.79 Å². The fourth-order valence-corrected chi connectivity index (χ4v) is 1.94. The molecule has 1 aromatic carbocycles. The lowest BCUT2D eigenvalue weighted by atomic mass is 10.2. The number of hydrogen-bond acceptors (Lipinski definition) is 2. The molecule has 0 aliphatic rings. The van der Waals surface area contributed by atoms with E-state index in [0.717, 1.165) is 11.0 Å². The van der Waals surface area contributed by atoms with Crippen LogP contribution in [0.1, 0.15) is 10.4 Å². The van der Waals surface area contributed by atoms with E-state index in [1.165, 1.54) is 16.7 Å². The van der Waals surface area contributed by atoms with Crippen LogP contribution in [0.15, 0.2) is 23.6 Å². The van der Waals surface area contributed by atoms with Gasteiger partial charge in [0.05, 0.1) is 0 Å². The van der Waals surface area contributed by atoms with E-state index in [9.17, 15) is 9.18 Å². The first kappa shape index (κ1) is 7.43. The first-order valence-electron chi connectivity index (χ1n) is 3.43. The molecule has 0 N–H and O–H groups in total. The number of hydrogen-bond donors (Lipinski definition) is 0. The standard InChI is InChI=1S/C9H5FOS/c10-8-5-12-9-3-6(4-11)1-2-7(8)9/h1-5H. The second kappa shape index (κ2) is 2.68. The molecule has 60 valence electrons. The molecule has 0 radical (unpaired) electrons. The van der Waals surface area contributed by atoms with Crippen molar-refractivity contribution in [1.29, 1.82) is 0 Å². The van der Waals surface area contributed by atoms with E-state index in [1.54, 1.807) is 18.2 Å². The van der Waals surface area contributed by atoms with E-state index in [1.807, 2.05) is 0 Å². The quantitative estimate of drug-likeness (QED) is 0.617. The minimum absolute atomic E-state index is 0.215. The van der Waals surface area contributed by atoms with E-state index in [4.69, 9.17) is 0 Å². The van der Waals surface area contributed by atoms with Crippen LogP contribution in [-0.2, 0) is 0 Å². The molecule has 0 saturated carbocycles. The van der Waals surface area contributed by atoms with Gasteiger partial charge in [0.1, 0.15) is 12.1 Å². The van der Waals surface area contributed by atoms with Crippen molar-refractivity contribution >= 4 is 27.7 Å². The zero-order chi connectivity index (χ0) is 8.55. The summed E-state index contributed by atoms with van der Waals surface area (Å²) in [5, 5.41) is 2.03. The van der Waals surface area contributed by atoms with Gasteiger partial charge in [0, 0.05) is 21.0 Å². The maximum atomic E-state index is 12.9. The Morgan fingerprint density at radius 1 is 1.42 bits per heavy atom. The van der Waals surface area contributed by atoms with Crippen molar-refractivity contribution in [2.75, 3.05) is 0 Å². The molecular weight excluding hydrogens is 175 g/mol. The van der Waals surface area contributed by atoms with Crippen LogP contribution in [-0.4, -0.2) is 6.29 Å². The molecule has 1 heterocycles. The summed E-state index contributed by atoms with van der Waals surface area (Å²) in [6, 6.07) is 4.94. The molecule has 0 amide bonds. The Morgan fingerprint density at radius 3 is 3.00 bits per heavy atom. The molecule has 0 unspecified atom stereocenters. The van der Waals surface area contributed by atoms with Crippen LogP contribution in [0, 0.1) is 5.82 Å². The molecule has 0 aliphatic heterocycles. The van der Waals surface area contributed by atoms with Gasteiger partial charge in [-0.05, 0) is 12.1 Å². The van der Waals surface area contributed by atoms with Gasteiger partial charge in [-0.15, -0.1) is 11.3 Å². The number of fused-ring (bicyclic) bond motifs is 1. The van der Waals surface area contributed by atoms with Crippen LogP contribution in [0.25, 0.3) is 10.1 Å². The third kappa shape index (κ3) is 1.02. The SMILES string of the molecule is O=Cc1ccc2c(F)csc2c1. The third-order valence-electron chi connectivity index (χ3n) is 1.69. The number of benzene rings is 1. The predicted octanol–water partition coefficient (Wildman–Crippen LogP) is 2.85. The summed E-state index contributed by atoms with van der Waals surface area (Å²) in [7, 11) is 0. The van der Waals surface area contributed by atoms with Crippen molar-refractivity contribution < 1.29 is 9.18 Å². The van der Waals surface area contributed by atoms with Gasteiger partial charge >= 0.3 is 0 Å². The lowest BCUT2D eigenvalue weighted by Gasteiger charge is -1.90. The summed E-state index contributed by atoms with van der Waals surface area (Å²) < 4.78 is 13.7. The van der Waals surface area contributed by atoms with Gasteiger partial charge in [-0.2, -0.15) is 0 Å². The first-order chi connectivity index (χ1) is 5.81. The Bertz CT molecular complexity index is 433. The third-order valence-corrected chi connectivity index (χ3v) is 2.60. The van der Waals surface area contributed by atoms with Crippen LogP contribution >= 0.6 is 11.3 Å². The Morgan fingerprint density at radius 2 is 2.25 bits per heavy atom. The number of carbonyl (C=O) groups is 1. The smallest absolute Gasteiger partial charge is 0.150 e. The van der Waals surface area contributed by atoms with Crippen molar-refractivity contribution in [3.63, 3.8) is 0 Å². The zero-order valence-corrected chi connectivity index (χ0v) is 6.90. The molecule has 0 saturated heterocycles. The Kier molecular flexibility index (Phi) is 1.66. The van der Waals surface area contributed by atoms with Gasteiger partial charge in [-0.1, -0.05) is 6.07 Å². The fraction of sp³-hybridized carbons (Fsp3) is 0. The Balaban J connectivity index is 2.77. The molecule has 2 aromatic rings. The lowest BCUT2D eigenvalue weighted by molar-refractivity contribution is 0.112. The maximum Gasteiger partial charge on any atom is 0.150 e. The van der Waals surface area contributed by atoms with Crippen molar-refractivity contribution in [3.05, 3.63) is 35.0 Å². The minimum atomic E-state index is -0.215. The number of carbonyl (C=O) groups excluding carboxylic acids is 1. The molecule has 1 aromatic heterocycles. The zero-order valence-electron chi connectivity index (χ0n) is 6.08. The van der Waals surface area contributed by atoms with E-state index in [-0.39, 0.29) is 5.82 Å². The van der Waals surface area contributed by atoms with E-state index >= 15 is 0 Å². The second-order valence-electron chi connectivity index (χ2n) is 2.46. The van der Waals surface area contributed by atoms with Gasteiger partial charge in [0.2, 0.25) is 0 Å². The molecule has 0 fully saturated rings. The molecule has 0 aliphatic carbocycles. The summed E-state index contributed by atoms with van der Waals surface area (Å²) >= 11 is 1.31. The molecule has 12 heavy (non-hydrogen) atoms. The van der Waals surface area contributed by atoms with Crippen molar-refractivity contribution in [2.24, 2.45) is 0 Å². The molecule has 1 nitrogen and oxygen atoms in total. The molecule has 0 atom stereocenters. The molecule has 3 heteroatoms. The molecule has 0 bridgehead atoms. The minimum Gasteiger partial charge on any atom is -0.298 e. The van der Waals surface area contributed by atoms with Crippen molar-refractivity contribution in [3.8, 4) is 0 Å². The van der Waals surface area contributed by atoms with Gasteiger partial charge < -0.3 is 0 Å². The summed E-state index contributed by atoms with van der Waals surface area (Å²) in [4.78, 5) is 10.4. The Hall–Kier alpha value is -1.22. The highest BCUT2D eigenvalue weighted by Crippen LogP contribution is 2.24. The fourth-order valence-electron chi connectivity index (χ4n) is 1.09. The van der Waals surface area contributed by atoms with E-state index in [2.05, 4.69) is 0 Å². The normalized spacial score (nSPS) is 10.4. The average molecular weight is 180 g/mol.